The summed E-state index contributed by atoms with van der Waals surface area (Å²) in [7, 11) is -3.76. The number of nitrogens with one attached hydrogen (secondary N) is 1. The predicted octanol–water partition coefficient (Wildman–Crippen LogP) is 4.36. The SMILES string of the molecule is Cc1c(Cl)cccc1NC(=O)CN(c1cccc(Cl)c1Cl)S(C)(=O)=O. The van der Waals surface area contributed by atoms with Crippen molar-refractivity contribution in [2.75, 3.05) is 22.4 Å². The third-order valence-electron chi connectivity index (χ3n) is 3.43. The Kier molecular flexibility index (Phi) is 6.21. The molecule has 2 aromatic carbocycles. The molecule has 1 N–H and O–H groups in total. The highest BCUT2D eigenvalue weighted by Gasteiger charge is 2.24. The van der Waals surface area contributed by atoms with Gasteiger partial charge in [-0.25, -0.2) is 8.42 Å². The van der Waals surface area contributed by atoms with Gasteiger partial charge in [0, 0.05) is 10.7 Å². The summed E-state index contributed by atoms with van der Waals surface area (Å²) in [6.07, 6.45) is 0.988. The molecule has 5 nitrogen and oxygen atoms in total. The molecule has 0 fully saturated rings. The van der Waals surface area contributed by atoms with Crippen molar-refractivity contribution < 1.29 is 13.2 Å². The van der Waals surface area contributed by atoms with Crippen LogP contribution in [0.5, 0.6) is 0 Å². The summed E-state index contributed by atoms with van der Waals surface area (Å²) in [5.74, 6) is -0.535. The van der Waals surface area contributed by atoms with Crippen LogP contribution in [0.2, 0.25) is 15.1 Å². The van der Waals surface area contributed by atoms with Gasteiger partial charge in [-0.15, -0.1) is 0 Å². The zero-order valence-corrected chi connectivity index (χ0v) is 16.5. The van der Waals surface area contributed by atoms with E-state index in [2.05, 4.69) is 5.32 Å². The van der Waals surface area contributed by atoms with E-state index in [1.54, 1.807) is 31.2 Å². The molecule has 0 heterocycles. The van der Waals surface area contributed by atoms with Gasteiger partial charge < -0.3 is 5.32 Å². The molecule has 0 aliphatic carbocycles. The van der Waals surface area contributed by atoms with Gasteiger partial charge in [0.25, 0.3) is 0 Å². The number of halogens is 3. The second-order valence-electron chi connectivity index (χ2n) is 5.30. The Morgan fingerprint density at radius 2 is 1.68 bits per heavy atom. The van der Waals surface area contributed by atoms with Gasteiger partial charge in [-0.05, 0) is 36.8 Å². The standard InChI is InChI=1S/C16H15Cl3N2O3S/c1-10-11(17)5-3-7-13(10)20-15(22)9-21(25(2,23)24)14-8-4-6-12(18)16(14)19/h3-8H,9H2,1-2H3,(H,20,22). The van der Waals surface area contributed by atoms with E-state index in [0.29, 0.717) is 16.3 Å². The first-order valence-electron chi connectivity index (χ1n) is 7.08. The summed E-state index contributed by atoms with van der Waals surface area (Å²) in [6.45, 7) is 1.30. The fourth-order valence-electron chi connectivity index (χ4n) is 2.13. The summed E-state index contributed by atoms with van der Waals surface area (Å²) in [6, 6.07) is 9.63. The zero-order chi connectivity index (χ0) is 18.8. The Morgan fingerprint density at radius 1 is 1.08 bits per heavy atom. The van der Waals surface area contributed by atoms with Crippen molar-refractivity contribution in [3.63, 3.8) is 0 Å². The van der Waals surface area contributed by atoms with Crippen molar-refractivity contribution >= 4 is 62.1 Å². The monoisotopic (exact) mass is 420 g/mol. The third kappa shape index (κ3) is 4.79. The Balaban J connectivity index is 2.31. The molecule has 0 aliphatic rings. The van der Waals surface area contributed by atoms with Crippen molar-refractivity contribution in [3.8, 4) is 0 Å². The summed E-state index contributed by atoms with van der Waals surface area (Å²) < 4.78 is 25.2. The highest BCUT2D eigenvalue weighted by Crippen LogP contribution is 2.33. The van der Waals surface area contributed by atoms with E-state index < -0.39 is 22.5 Å². The van der Waals surface area contributed by atoms with E-state index in [-0.39, 0.29) is 15.7 Å². The lowest BCUT2D eigenvalue weighted by Gasteiger charge is -2.23. The van der Waals surface area contributed by atoms with Crippen LogP contribution in [0.25, 0.3) is 0 Å². The fourth-order valence-corrected chi connectivity index (χ4v) is 3.61. The maximum atomic E-state index is 12.4. The van der Waals surface area contributed by atoms with E-state index in [4.69, 9.17) is 34.8 Å². The highest BCUT2D eigenvalue weighted by atomic mass is 35.5. The van der Waals surface area contributed by atoms with Crippen LogP contribution in [-0.2, 0) is 14.8 Å². The van der Waals surface area contributed by atoms with Gasteiger partial charge in [-0.2, -0.15) is 0 Å². The van der Waals surface area contributed by atoms with Crippen molar-refractivity contribution in [1.82, 2.24) is 0 Å². The molecular formula is C16H15Cl3N2O3S. The molecule has 2 aromatic rings. The molecule has 0 unspecified atom stereocenters. The number of amides is 1. The molecule has 0 saturated carbocycles. The summed E-state index contributed by atoms with van der Waals surface area (Å²) in [5, 5.41) is 3.40. The number of anilines is 2. The molecule has 0 bridgehead atoms. The number of nitrogens with zero attached hydrogens (tertiary/aromatic N) is 1. The first-order chi connectivity index (χ1) is 11.6. The van der Waals surface area contributed by atoms with E-state index in [9.17, 15) is 13.2 Å². The maximum Gasteiger partial charge on any atom is 0.245 e. The van der Waals surface area contributed by atoms with Gasteiger partial charge in [-0.1, -0.05) is 46.9 Å². The topological polar surface area (TPSA) is 66.5 Å². The normalized spacial score (nSPS) is 11.2. The lowest BCUT2D eigenvalue weighted by molar-refractivity contribution is -0.114. The third-order valence-corrected chi connectivity index (χ3v) is 5.77. The van der Waals surface area contributed by atoms with Crippen LogP contribution in [0.15, 0.2) is 36.4 Å². The number of hydrogen-bond donors (Lipinski definition) is 1. The second-order valence-corrected chi connectivity index (χ2v) is 8.40. The minimum atomic E-state index is -3.76. The Bertz CT molecular complexity index is 917. The van der Waals surface area contributed by atoms with Crippen molar-refractivity contribution in [1.29, 1.82) is 0 Å². The number of carbonyl (C=O) groups is 1. The van der Waals surface area contributed by atoms with Crippen LogP contribution in [0.1, 0.15) is 5.56 Å². The van der Waals surface area contributed by atoms with Crippen molar-refractivity contribution in [3.05, 3.63) is 57.0 Å². The molecule has 9 heteroatoms. The molecule has 0 aromatic heterocycles. The molecule has 0 aliphatic heterocycles. The van der Waals surface area contributed by atoms with Gasteiger partial charge in [-0.3, -0.25) is 9.10 Å². The van der Waals surface area contributed by atoms with Crippen LogP contribution in [-0.4, -0.2) is 27.1 Å². The average Bonchev–Trinajstić information content (AvgIpc) is 2.51. The number of carbonyl (C=O) groups excluding carboxylic acids is 1. The van der Waals surface area contributed by atoms with Gasteiger partial charge in [0.15, 0.2) is 0 Å². The Labute approximate surface area is 161 Å². The Hall–Kier alpha value is -1.47. The highest BCUT2D eigenvalue weighted by molar-refractivity contribution is 7.92. The predicted molar refractivity (Wildman–Crippen MR) is 103 cm³/mol. The second kappa shape index (κ2) is 7.83. The molecule has 0 spiro atoms. The quantitative estimate of drug-likeness (QED) is 0.780. The van der Waals surface area contributed by atoms with E-state index >= 15 is 0 Å². The minimum Gasteiger partial charge on any atom is -0.324 e. The summed E-state index contributed by atoms with van der Waals surface area (Å²) >= 11 is 18.1. The fraction of sp³-hybridized carbons (Fsp3) is 0.188. The maximum absolute atomic E-state index is 12.4. The lowest BCUT2D eigenvalue weighted by Crippen LogP contribution is -2.37. The number of rotatable bonds is 5. The van der Waals surface area contributed by atoms with Gasteiger partial charge >= 0.3 is 0 Å². The molecule has 25 heavy (non-hydrogen) atoms. The molecule has 134 valence electrons. The molecule has 0 atom stereocenters. The van der Waals surface area contributed by atoms with Crippen LogP contribution >= 0.6 is 34.8 Å². The first-order valence-corrected chi connectivity index (χ1v) is 10.1. The summed E-state index contributed by atoms with van der Waals surface area (Å²) in [4.78, 5) is 12.4. The van der Waals surface area contributed by atoms with Crippen LogP contribution in [0.3, 0.4) is 0 Å². The zero-order valence-electron chi connectivity index (χ0n) is 13.4. The summed E-state index contributed by atoms with van der Waals surface area (Å²) in [5.41, 5.74) is 1.32. The van der Waals surface area contributed by atoms with Crippen LogP contribution in [0, 0.1) is 6.92 Å². The molecule has 0 saturated heterocycles. The minimum absolute atomic E-state index is 0.0568. The van der Waals surface area contributed by atoms with Crippen molar-refractivity contribution in [2.24, 2.45) is 0 Å². The van der Waals surface area contributed by atoms with E-state index in [1.807, 2.05) is 0 Å². The van der Waals surface area contributed by atoms with Gasteiger partial charge in [0.1, 0.15) is 6.54 Å². The number of hydrogen-bond acceptors (Lipinski definition) is 3. The average molecular weight is 422 g/mol. The number of benzene rings is 2. The van der Waals surface area contributed by atoms with Gasteiger partial charge in [0.2, 0.25) is 15.9 Å². The number of sulfonamides is 1. The lowest BCUT2D eigenvalue weighted by atomic mass is 10.2. The molecule has 2 rings (SSSR count). The van der Waals surface area contributed by atoms with Gasteiger partial charge in [0.05, 0.1) is 22.0 Å². The Morgan fingerprint density at radius 3 is 2.32 bits per heavy atom. The van der Waals surface area contributed by atoms with E-state index in [1.165, 1.54) is 12.1 Å². The first kappa shape index (κ1) is 19.8. The molecule has 0 radical (unpaired) electrons. The largest absolute Gasteiger partial charge is 0.324 e. The molecule has 1 amide bonds. The van der Waals surface area contributed by atoms with Crippen LogP contribution < -0.4 is 9.62 Å². The van der Waals surface area contributed by atoms with Crippen LogP contribution in [0.4, 0.5) is 11.4 Å². The van der Waals surface area contributed by atoms with E-state index in [0.717, 1.165) is 10.6 Å². The van der Waals surface area contributed by atoms with Crippen molar-refractivity contribution in [2.45, 2.75) is 6.92 Å². The molecular weight excluding hydrogens is 407 g/mol. The smallest absolute Gasteiger partial charge is 0.245 e.